The van der Waals surface area contributed by atoms with Gasteiger partial charge in [-0.3, -0.25) is 0 Å². The Morgan fingerprint density at radius 1 is 1.40 bits per heavy atom. The summed E-state index contributed by atoms with van der Waals surface area (Å²) in [6, 6.07) is 6.25. The summed E-state index contributed by atoms with van der Waals surface area (Å²) >= 11 is 0. The Labute approximate surface area is 120 Å². The first-order valence-corrected chi connectivity index (χ1v) is 7.15. The molecule has 1 aliphatic rings. The van der Waals surface area contributed by atoms with Crippen molar-refractivity contribution in [3.63, 3.8) is 0 Å². The lowest BCUT2D eigenvalue weighted by Crippen LogP contribution is -2.33. The van der Waals surface area contributed by atoms with Crippen LogP contribution in [0.15, 0.2) is 18.2 Å². The van der Waals surface area contributed by atoms with E-state index in [1.807, 2.05) is 26.8 Å². The summed E-state index contributed by atoms with van der Waals surface area (Å²) < 4.78 is 10.8. The fourth-order valence-corrected chi connectivity index (χ4v) is 2.19. The number of alkyl carbamates (subject to hydrolysis) is 1. The highest BCUT2D eigenvalue weighted by molar-refractivity contribution is 5.67. The van der Waals surface area contributed by atoms with Crippen LogP contribution in [0.25, 0.3) is 0 Å². The molecule has 1 aromatic rings. The van der Waals surface area contributed by atoms with E-state index in [0.29, 0.717) is 6.54 Å². The quantitative estimate of drug-likeness (QED) is 0.923. The van der Waals surface area contributed by atoms with Gasteiger partial charge in [0.05, 0.1) is 6.61 Å². The average molecular weight is 277 g/mol. The second-order valence-electron chi connectivity index (χ2n) is 6.07. The van der Waals surface area contributed by atoms with E-state index < -0.39 is 5.60 Å². The molecule has 20 heavy (non-hydrogen) atoms. The number of carbonyl (C=O) groups is 1. The third kappa shape index (κ3) is 4.44. The molecule has 0 aromatic heterocycles. The van der Waals surface area contributed by atoms with E-state index in [2.05, 4.69) is 17.4 Å². The van der Waals surface area contributed by atoms with Crippen molar-refractivity contribution in [3.8, 4) is 5.75 Å². The van der Waals surface area contributed by atoms with Crippen molar-refractivity contribution in [1.82, 2.24) is 5.32 Å². The van der Waals surface area contributed by atoms with Crippen LogP contribution in [0, 0.1) is 0 Å². The molecule has 1 amide bonds. The summed E-state index contributed by atoms with van der Waals surface area (Å²) in [7, 11) is 0. The Kier molecular flexibility index (Phi) is 4.53. The molecule has 4 nitrogen and oxygen atoms in total. The van der Waals surface area contributed by atoms with Crippen molar-refractivity contribution in [1.29, 1.82) is 0 Å². The highest BCUT2D eigenvalue weighted by atomic mass is 16.6. The van der Waals surface area contributed by atoms with Crippen LogP contribution >= 0.6 is 0 Å². The summed E-state index contributed by atoms with van der Waals surface area (Å²) in [5.74, 6) is 1.00. The third-order valence-electron chi connectivity index (χ3n) is 3.05. The summed E-state index contributed by atoms with van der Waals surface area (Å²) in [5, 5.41) is 2.78. The van der Waals surface area contributed by atoms with Crippen molar-refractivity contribution in [2.45, 2.75) is 45.6 Å². The van der Waals surface area contributed by atoms with Crippen molar-refractivity contribution in [2.75, 3.05) is 13.2 Å². The summed E-state index contributed by atoms with van der Waals surface area (Å²) in [5.41, 5.74) is 2.03. The first kappa shape index (κ1) is 14.7. The standard InChI is InChI=1S/C16H23NO3/c1-16(2,3)20-15(18)17-9-8-12-6-7-14-13(11-12)5-4-10-19-14/h6-7,11H,4-5,8-10H2,1-3H3,(H,17,18). The largest absolute Gasteiger partial charge is 0.493 e. The molecule has 1 N–H and O–H groups in total. The third-order valence-corrected chi connectivity index (χ3v) is 3.05. The zero-order chi connectivity index (χ0) is 14.6. The fourth-order valence-electron chi connectivity index (χ4n) is 2.19. The normalized spacial score (nSPS) is 14.2. The van der Waals surface area contributed by atoms with Gasteiger partial charge in [-0.15, -0.1) is 0 Å². The predicted molar refractivity (Wildman–Crippen MR) is 78.2 cm³/mol. The lowest BCUT2D eigenvalue weighted by atomic mass is 10.0. The maximum absolute atomic E-state index is 11.5. The van der Waals surface area contributed by atoms with E-state index in [1.165, 1.54) is 11.1 Å². The Morgan fingerprint density at radius 3 is 2.95 bits per heavy atom. The highest BCUT2D eigenvalue weighted by Gasteiger charge is 2.15. The van der Waals surface area contributed by atoms with E-state index in [1.54, 1.807) is 0 Å². The van der Waals surface area contributed by atoms with Gasteiger partial charge in [0.2, 0.25) is 0 Å². The molecule has 1 aliphatic heterocycles. The molecular formula is C16H23NO3. The molecular weight excluding hydrogens is 254 g/mol. The van der Waals surface area contributed by atoms with Crippen LogP contribution in [0.1, 0.15) is 38.3 Å². The van der Waals surface area contributed by atoms with Gasteiger partial charge in [-0.2, -0.15) is 0 Å². The van der Waals surface area contributed by atoms with Gasteiger partial charge in [0.25, 0.3) is 0 Å². The molecule has 0 saturated carbocycles. The molecule has 0 fully saturated rings. The minimum absolute atomic E-state index is 0.362. The van der Waals surface area contributed by atoms with Gasteiger partial charge in [0.15, 0.2) is 0 Å². The molecule has 1 heterocycles. The van der Waals surface area contributed by atoms with Gasteiger partial charge < -0.3 is 14.8 Å². The Bertz CT molecular complexity index is 477. The van der Waals surface area contributed by atoms with Gasteiger partial charge in [-0.25, -0.2) is 4.79 Å². The molecule has 1 aromatic carbocycles. The van der Waals surface area contributed by atoms with Crippen molar-refractivity contribution in [3.05, 3.63) is 29.3 Å². The molecule has 0 radical (unpaired) electrons. The minimum atomic E-state index is -0.451. The van der Waals surface area contributed by atoms with Crippen molar-refractivity contribution < 1.29 is 14.3 Å². The first-order chi connectivity index (χ1) is 9.44. The van der Waals surface area contributed by atoms with E-state index in [9.17, 15) is 4.79 Å². The fraction of sp³-hybridized carbons (Fsp3) is 0.562. The maximum atomic E-state index is 11.5. The van der Waals surface area contributed by atoms with Gasteiger partial charge in [-0.1, -0.05) is 12.1 Å². The van der Waals surface area contributed by atoms with Crippen LogP contribution < -0.4 is 10.1 Å². The number of ether oxygens (including phenoxy) is 2. The molecule has 110 valence electrons. The monoisotopic (exact) mass is 277 g/mol. The van der Waals surface area contributed by atoms with Crippen LogP contribution in [0.2, 0.25) is 0 Å². The SMILES string of the molecule is CC(C)(C)OC(=O)NCCc1ccc2c(c1)CCCO2. The molecule has 0 bridgehead atoms. The first-order valence-electron chi connectivity index (χ1n) is 7.15. The second kappa shape index (κ2) is 6.16. The van der Waals surface area contributed by atoms with E-state index >= 15 is 0 Å². The minimum Gasteiger partial charge on any atom is -0.493 e. The van der Waals surface area contributed by atoms with Crippen LogP contribution in [-0.2, 0) is 17.6 Å². The van der Waals surface area contributed by atoms with Crippen molar-refractivity contribution in [2.24, 2.45) is 0 Å². The Hall–Kier alpha value is -1.71. The molecule has 0 atom stereocenters. The Balaban J connectivity index is 1.81. The molecule has 0 aliphatic carbocycles. The van der Waals surface area contributed by atoms with E-state index in [-0.39, 0.29) is 6.09 Å². The lowest BCUT2D eigenvalue weighted by molar-refractivity contribution is 0.0528. The van der Waals surface area contributed by atoms with E-state index in [4.69, 9.17) is 9.47 Å². The van der Waals surface area contributed by atoms with Gasteiger partial charge >= 0.3 is 6.09 Å². The molecule has 0 saturated heterocycles. The summed E-state index contributed by atoms with van der Waals surface area (Å²) in [6.07, 6.45) is 2.58. The topological polar surface area (TPSA) is 47.6 Å². The maximum Gasteiger partial charge on any atom is 0.407 e. The van der Waals surface area contributed by atoms with Crippen LogP contribution in [0.3, 0.4) is 0 Å². The second-order valence-corrected chi connectivity index (χ2v) is 6.07. The molecule has 0 unspecified atom stereocenters. The number of aryl methyl sites for hydroxylation is 1. The number of hydrogen-bond acceptors (Lipinski definition) is 3. The number of benzene rings is 1. The smallest absolute Gasteiger partial charge is 0.407 e. The van der Waals surface area contributed by atoms with Gasteiger partial charge in [0, 0.05) is 6.54 Å². The van der Waals surface area contributed by atoms with Crippen LogP contribution in [0.5, 0.6) is 5.75 Å². The highest BCUT2D eigenvalue weighted by Crippen LogP contribution is 2.25. The molecule has 4 heteroatoms. The van der Waals surface area contributed by atoms with Gasteiger partial charge in [0.1, 0.15) is 11.4 Å². The average Bonchev–Trinajstić information content (AvgIpc) is 2.36. The summed E-state index contributed by atoms with van der Waals surface area (Å²) in [4.78, 5) is 11.5. The summed E-state index contributed by atoms with van der Waals surface area (Å²) in [6.45, 7) is 6.96. The number of rotatable bonds is 3. The van der Waals surface area contributed by atoms with E-state index in [0.717, 1.165) is 31.6 Å². The molecule has 2 rings (SSSR count). The zero-order valence-corrected chi connectivity index (χ0v) is 12.5. The number of fused-ring (bicyclic) bond motifs is 1. The number of hydrogen-bond donors (Lipinski definition) is 1. The lowest BCUT2D eigenvalue weighted by Gasteiger charge is -2.20. The number of carbonyl (C=O) groups excluding carboxylic acids is 1. The Morgan fingerprint density at radius 2 is 2.20 bits per heavy atom. The van der Waals surface area contributed by atoms with Crippen LogP contribution in [0.4, 0.5) is 4.79 Å². The zero-order valence-electron chi connectivity index (χ0n) is 12.5. The predicted octanol–water partition coefficient (Wildman–Crippen LogP) is 3.08. The van der Waals surface area contributed by atoms with Crippen LogP contribution in [-0.4, -0.2) is 24.8 Å². The molecule has 0 spiro atoms. The van der Waals surface area contributed by atoms with Gasteiger partial charge in [-0.05, 0) is 57.2 Å². The van der Waals surface area contributed by atoms with Crippen molar-refractivity contribution >= 4 is 6.09 Å². The number of amides is 1. The number of nitrogens with one attached hydrogen (secondary N) is 1.